The maximum absolute atomic E-state index is 5.19. The summed E-state index contributed by atoms with van der Waals surface area (Å²) < 4.78 is 2.52. The van der Waals surface area contributed by atoms with E-state index in [1.807, 2.05) is 12.3 Å². The first-order valence-corrected chi connectivity index (χ1v) is 17.9. The van der Waals surface area contributed by atoms with Crippen LogP contribution in [0, 0.1) is 0 Å². The molecular formula is C49H29N3. The monoisotopic (exact) mass is 659 g/mol. The van der Waals surface area contributed by atoms with Crippen LogP contribution in [0.15, 0.2) is 176 Å². The Bertz CT molecular complexity index is 3100. The van der Waals surface area contributed by atoms with Gasteiger partial charge in [-0.1, -0.05) is 133 Å². The Kier molecular flexibility index (Phi) is 5.43. The van der Waals surface area contributed by atoms with Crippen molar-refractivity contribution >= 4 is 43.6 Å². The fraction of sp³-hybridized carbons (Fsp3) is 0.0204. The molecule has 3 aromatic heterocycles. The third-order valence-electron chi connectivity index (χ3n) is 11.6. The third kappa shape index (κ3) is 3.49. The van der Waals surface area contributed by atoms with Crippen LogP contribution in [0.1, 0.15) is 22.3 Å². The molecule has 2 aliphatic rings. The van der Waals surface area contributed by atoms with Gasteiger partial charge in [-0.25, -0.2) is 4.98 Å². The molecule has 0 saturated carbocycles. The summed E-state index contributed by atoms with van der Waals surface area (Å²) >= 11 is 0. The van der Waals surface area contributed by atoms with E-state index in [9.17, 15) is 0 Å². The first-order chi connectivity index (χ1) is 25.8. The van der Waals surface area contributed by atoms with Crippen molar-refractivity contribution in [3.8, 4) is 39.2 Å². The van der Waals surface area contributed by atoms with Crippen LogP contribution in [-0.2, 0) is 5.41 Å². The van der Waals surface area contributed by atoms with Crippen molar-refractivity contribution in [3.05, 3.63) is 198 Å². The summed E-state index contributed by atoms with van der Waals surface area (Å²) in [5, 5.41) is 4.77. The molecule has 7 aromatic carbocycles. The van der Waals surface area contributed by atoms with E-state index in [1.165, 1.54) is 66.4 Å². The smallest absolute Gasteiger partial charge is 0.0972 e. The van der Waals surface area contributed by atoms with E-state index >= 15 is 0 Å². The summed E-state index contributed by atoms with van der Waals surface area (Å²) in [5.74, 6) is 0. The quantitative estimate of drug-likeness (QED) is 0.173. The number of nitrogens with zero attached hydrogens (tertiary/aromatic N) is 3. The summed E-state index contributed by atoms with van der Waals surface area (Å²) in [7, 11) is 0. The average molecular weight is 660 g/mol. The van der Waals surface area contributed by atoms with E-state index in [0.717, 1.165) is 38.6 Å². The van der Waals surface area contributed by atoms with Gasteiger partial charge in [-0.2, -0.15) is 0 Å². The lowest BCUT2D eigenvalue weighted by Crippen LogP contribution is -2.33. The van der Waals surface area contributed by atoms with Crippen LogP contribution in [-0.4, -0.2) is 14.5 Å². The Hall–Kier alpha value is -6.84. The van der Waals surface area contributed by atoms with Gasteiger partial charge in [0.15, 0.2) is 0 Å². The Morgan fingerprint density at radius 1 is 0.442 bits per heavy atom. The van der Waals surface area contributed by atoms with E-state index in [2.05, 4.69) is 168 Å². The van der Waals surface area contributed by atoms with Crippen molar-refractivity contribution in [2.75, 3.05) is 0 Å². The molecule has 3 nitrogen and oxygen atoms in total. The fourth-order valence-corrected chi connectivity index (χ4v) is 9.49. The predicted molar refractivity (Wildman–Crippen MR) is 213 cm³/mol. The van der Waals surface area contributed by atoms with Gasteiger partial charge >= 0.3 is 0 Å². The predicted octanol–water partition coefficient (Wildman–Crippen LogP) is 11.9. The molecule has 3 heteroatoms. The Labute approximate surface area is 300 Å². The fourth-order valence-electron chi connectivity index (χ4n) is 9.49. The van der Waals surface area contributed by atoms with Gasteiger partial charge in [0.25, 0.3) is 0 Å². The molecule has 0 atom stereocenters. The molecule has 4 heterocycles. The summed E-state index contributed by atoms with van der Waals surface area (Å²) in [5.41, 5.74) is 17.4. The van der Waals surface area contributed by atoms with Crippen LogP contribution >= 0.6 is 0 Å². The van der Waals surface area contributed by atoms with Crippen molar-refractivity contribution in [2.24, 2.45) is 0 Å². The highest BCUT2D eigenvalue weighted by Crippen LogP contribution is 2.61. The molecule has 0 bridgehead atoms. The number of rotatable bonds is 2. The van der Waals surface area contributed by atoms with Gasteiger partial charge in [-0.05, 0) is 80.9 Å². The van der Waals surface area contributed by atoms with Crippen LogP contribution in [0.25, 0.3) is 82.8 Å². The van der Waals surface area contributed by atoms with Crippen molar-refractivity contribution in [3.63, 3.8) is 0 Å². The van der Waals surface area contributed by atoms with Gasteiger partial charge < -0.3 is 4.57 Å². The number of hydrogen-bond acceptors (Lipinski definition) is 2. The Morgan fingerprint density at radius 3 is 1.98 bits per heavy atom. The molecular weight excluding hydrogens is 631 g/mol. The molecule has 0 unspecified atom stereocenters. The van der Waals surface area contributed by atoms with E-state index in [-0.39, 0.29) is 0 Å². The molecule has 0 amide bonds. The highest BCUT2D eigenvalue weighted by Gasteiger charge is 2.50. The SMILES string of the molecule is c1cc(-c2ccc3c(c2)C2(c4ccccc4-c4ccccc42)c2cccc4c5ccccc5n-3c24)cc(-c2ccc3ccc4cccnc4c3n2)c1. The molecule has 0 N–H and O–H groups in total. The normalized spacial score (nSPS) is 13.5. The summed E-state index contributed by atoms with van der Waals surface area (Å²) in [6, 6.07) is 62.5. The maximum Gasteiger partial charge on any atom is 0.0972 e. The van der Waals surface area contributed by atoms with Crippen LogP contribution < -0.4 is 0 Å². The second-order valence-electron chi connectivity index (χ2n) is 14.1. The highest BCUT2D eigenvalue weighted by molar-refractivity contribution is 6.13. The van der Waals surface area contributed by atoms with Crippen LogP contribution in [0.5, 0.6) is 0 Å². The van der Waals surface area contributed by atoms with Crippen molar-refractivity contribution in [1.29, 1.82) is 0 Å². The van der Waals surface area contributed by atoms with Gasteiger partial charge in [0.1, 0.15) is 0 Å². The second-order valence-corrected chi connectivity index (χ2v) is 14.1. The minimum atomic E-state index is -0.478. The van der Waals surface area contributed by atoms with Crippen molar-refractivity contribution in [2.45, 2.75) is 5.41 Å². The molecule has 12 rings (SSSR count). The molecule has 52 heavy (non-hydrogen) atoms. The van der Waals surface area contributed by atoms with Gasteiger partial charge in [0.05, 0.1) is 38.9 Å². The van der Waals surface area contributed by atoms with Gasteiger partial charge in [-0.15, -0.1) is 0 Å². The molecule has 0 saturated heterocycles. The lowest BCUT2D eigenvalue weighted by molar-refractivity contribution is 0.749. The minimum Gasteiger partial charge on any atom is -0.309 e. The number of hydrogen-bond donors (Lipinski definition) is 0. The molecule has 10 aromatic rings. The van der Waals surface area contributed by atoms with E-state index < -0.39 is 5.41 Å². The molecule has 1 spiro atoms. The van der Waals surface area contributed by atoms with Crippen molar-refractivity contribution in [1.82, 2.24) is 14.5 Å². The maximum atomic E-state index is 5.19. The van der Waals surface area contributed by atoms with Gasteiger partial charge in [0.2, 0.25) is 0 Å². The Balaban J connectivity index is 1.13. The Morgan fingerprint density at radius 2 is 1.12 bits per heavy atom. The topological polar surface area (TPSA) is 30.7 Å². The van der Waals surface area contributed by atoms with Crippen LogP contribution in [0.2, 0.25) is 0 Å². The minimum absolute atomic E-state index is 0.478. The van der Waals surface area contributed by atoms with E-state index in [0.29, 0.717) is 0 Å². The number of para-hydroxylation sites is 2. The summed E-state index contributed by atoms with van der Waals surface area (Å²) in [6.45, 7) is 0. The van der Waals surface area contributed by atoms with E-state index in [4.69, 9.17) is 9.97 Å². The number of pyridine rings is 2. The summed E-state index contributed by atoms with van der Waals surface area (Å²) in [4.78, 5) is 9.89. The average Bonchev–Trinajstić information content (AvgIpc) is 3.71. The molecule has 240 valence electrons. The first-order valence-electron chi connectivity index (χ1n) is 17.9. The van der Waals surface area contributed by atoms with Crippen LogP contribution in [0.4, 0.5) is 0 Å². The second kappa shape index (κ2) is 10.1. The zero-order valence-corrected chi connectivity index (χ0v) is 28.1. The zero-order chi connectivity index (χ0) is 34.0. The number of benzene rings is 7. The lowest BCUT2D eigenvalue weighted by atomic mass is 9.65. The van der Waals surface area contributed by atoms with Gasteiger partial charge in [0, 0.05) is 33.3 Å². The van der Waals surface area contributed by atoms with Crippen LogP contribution in [0.3, 0.4) is 0 Å². The third-order valence-corrected chi connectivity index (χ3v) is 11.6. The lowest BCUT2D eigenvalue weighted by Gasteiger charge is -2.40. The standard InChI is InChI=1S/C49H29N3/c1-4-17-39-35(13-1)36-14-2-5-18-40(36)49(39)41-19-8-16-38-37-15-3-6-20-44(37)52(48(38)41)45-26-24-33(29-42(45)49)32-10-7-11-34(28-32)43-25-23-31-22-21-30-12-9-27-50-46(30)47(31)51-43/h1-29H. The highest BCUT2D eigenvalue weighted by atomic mass is 15.0. The van der Waals surface area contributed by atoms with E-state index in [1.54, 1.807) is 0 Å². The zero-order valence-electron chi connectivity index (χ0n) is 28.1. The molecule has 1 aliphatic carbocycles. The largest absolute Gasteiger partial charge is 0.309 e. The first kappa shape index (κ1) is 27.9. The summed E-state index contributed by atoms with van der Waals surface area (Å²) in [6.07, 6.45) is 1.85. The van der Waals surface area contributed by atoms with Gasteiger partial charge in [-0.3, -0.25) is 4.98 Å². The number of aromatic nitrogens is 3. The molecule has 0 fully saturated rings. The van der Waals surface area contributed by atoms with Crippen molar-refractivity contribution < 1.29 is 0 Å². The molecule has 1 aliphatic heterocycles. The number of fused-ring (bicyclic) bond motifs is 15. The molecule has 0 radical (unpaired) electrons.